The molecule has 0 radical (unpaired) electrons. The lowest BCUT2D eigenvalue weighted by atomic mass is 10.2. The maximum Gasteiger partial charge on any atom is 0.353 e. The molecule has 84 valence electrons. The summed E-state index contributed by atoms with van der Waals surface area (Å²) in [6.45, 7) is 2.20. The normalized spacial score (nSPS) is 14.8. The maximum absolute atomic E-state index is 11.2. The first-order valence-corrected chi connectivity index (χ1v) is 6.48. The molecule has 1 atom stereocenters. The van der Waals surface area contributed by atoms with E-state index in [2.05, 4.69) is 4.52 Å². The fraction of sp³-hybridized carbons (Fsp3) is 0.400. The third-order valence-corrected chi connectivity index (χ3v) is 2.87. The van der Waals surface area contributed by atoms with Crippen molar-refractivity contribution < 1.29 is 18.7 Å². The molecule has 0 spiro atoms. The van der Waals surface area contributed by atoms with Gasteiger partial charge in [0.15, 0.2) is 0 Å². The monoisotopic (exact) mass is 230 g/mol. The van der Waals surface area contributed by atoms with Gasteiger partial charge in [0.05, 0.1) is 13.2 Å². The van der Waals surface area contributed by atoms with E-state index in [1.165, 1.54) is 0 Å². The molecule has 0 aromatic heterocycles. The maximum atomic E-state index is 11.2. The molecule has 1 N–H and O–H groups in total. The third-order valence-electron chi connectivity index (χ3n) is 1.70. The summed E-state index contributed by atoms with van der Waals surface area (Å²) in [7, 11) is -3.55. The Balaban J connectivity index is 2.31. The van der Waals surface area contributed by atoms with Gasteiger partial charge in [-0.2, -0.15) is 0 Å². The molecule has 15 heavy (non-hydrogen) atoms. The SMILES string of the molecule is CCOP(=O)(O)COCc1ccccc1. The van der Waals surface area contributed by atoms with E-state index in [9.17, 15) is 9.46 Å². The van der Waals surface area contributed by atoms with Gasteiger partial charge < -0.3 is 14.2 Å². The predicted octanol–water partition coefficient (Wildman–Crippen LogP) is 2.38. The summed E-state index contributed by atoms with van der Waals surface area (Å²) in [5, 5.41) is 0. The van der Waals surface area contributed by atoms with E-state index in [1.807, 2.05) is 30.3 Å². The van der Waals surface area contributed by atoms with Crippen molar-refractivity contribution in [3.8, 4) is 0 Å². The highest BCUT2D eigenvalue weighted by Gasteiger charge is 2.18. The number of rotatable bonds is 6. The summed E-state index contributed by atoms with van der Waals surface area (Å²) in [4.78, 5) is 9.20. The summed E-state index contributed by atoms with van der Waals surface area (Å²) in [5.74, 6) is 0. The van der Waals surface area contributed by atoms with Gasteiger partial charge in [0, 0.05) is 0 Å². The number of ether oxygens (including phenoxy) is 1. The molecule has 0 aliphatic carbocycles. The topological polar surface area (TPSA) is 55.8 Å². The van der Waals surface area contributed by atoms with Crippen molar-refractivity contribution in [2.24, 2.45) is 0 Å². The van der Waals surface area contributed by atoms with Gasteiger partial charge in [-0.15, -0.1) is 0 Å². The highest BCUT2D eigenvalue weighted by molar-refractivity contribution is 7.52. The molecule has 4 nitrogen and oxygen atoms in total. The number of hydrogen-bond acceptors (Lipinski definition) is 3. The molecule has 5 heteroatoms. The van der Waals surface area contributed by atoms with Crippen LogP contribution in [-0.4, -0.2) is 17.8 Å². The Morgan fingerprint density at radius 3 is 2.60 bits per heavy atom. The summed E-state index contributed by atoms with van der Waals surface area (Å²) in [6.07, 6.45) is -0.268. The van der Waals surface area contributed by atoms with Gasteiger partial charge in [-0.05, 0) is 12.5 Å². The first-order valence-electron chi connectivity index (χ1n) is 4.72. The van der Waals surface area contributed by atoms with Crippen molar-refractivity contribution >= 4 is 7.60 Å². The van der Waals surface area contributed by atoms with Crippen LogP contribution < -0.4 is 0 Å². The van der Waals surface area contributed by atoms with Crippen molar-refractivity contribution in [2.75, 3.05) is 13.0 Å². The molecule has 0 heterocycles. The van der Waals surface area contributed by atoms with Crippen LogP contribution in [0.1, 0.15) is 12.5 Å². The summed E-state index contributed by atoms with van der Waals surface area (Å²) < 4.78 is 21.0. The lowest BCUT2D eigenvalue weighted by Crippen LogP contribution is -1.99. The Hall–Kier alpha value is -0.670. The van der Waals surface area contributed by atoms with E-state index in [0.717, 1.165) is 5.56 Å². The Morgan fingerprint density at radius 1 is 1.33 bits per heavy atom. The fourth-order valence-corrected chi connectivity index (χ4v) is 1.89. The molecule has 0 aliphatic rings. The molecule has 1 aromatic carbocycles. The smallest absolute Gasteiger partial charge is 0.353 e. The second kappa shape index (κ2) is 6.03. The summed E-state index contributed by atoms with van der Waals surface area (Å²) in [6, 6.07) is 9.46. The third kappa shape index (κ3) is 5.09. The Kier molecular flexibility index (Phi) is 4.99. The predicted molar refractivity (Wildman–Crippen MR) is 57.5 cm³/mol. The van der Waals surface area contributed by atoms with Gasteiger partial charge in [0.25, 0.3) is 0 Å². The molecule has 0 aliphatic heterocycles. The van der Waals surface area contributed by atoms with E-state index >= 15 is 0 Å². The van der Waals surface area contributed by atoms with Crippen LogP contribution in [0, 0.1) is 0 Å². The average Bonchev–Trinajstić information content (AvgIpc) is 2.19. The molecule has 0 saturated heterocycles. The van der Waals surface area contributed by atoms with Gasteiger partial charge in [-0.25, -0.2) is 0 Å². The van der Waals surface area contributed by atoms with Gasteiger partial charge in [-0.1, -0.05) is 30.3 Å². The van der Waals surface area contributed by atoms with Crippen molar-refractivity contribution in [1.82, 2.24) is 0 Å². The zero-order valence-electron chi connectivity index (χ0n) is 8.63. The molecule has 1 rings (SSSR count). The molecule has 0 saturated carbocycles. The first-order chi connectivity index (χ1) is 7.14. The molecule has 0 fully saturated rings. The quantitative estimate of drug-likeness (QED) is 0.762. The Labute approximate surface area is 89.4 Å². The zero-order valence-corrected chi connectivity index (χ0v) is 9.52. The van der Waals surface area contributed by atoms with Gasteiger partial charge in [0.1, 0.15) is 6.35 Å². The summed E-state index contributed by atoms with van der Waals surface area (Å²) >= 11 is 0. The van der Waals surface area contributed by atoms with Gasteiger partial charge >= 0.3 is 7.60 Å². The highest BCUT2D eigenvalue weighted by atomic mass is 31.2. The number of benzene rings is 1. The molecular formula is C10H15O4P. The van der Waals surface area contributed by atoms with E-state index in [0.29, 0.717) is 6.61 Å². The average molecular weight is 230 g/mol. The zero-order chi connectivity index (χ0) is 11.1. The second-order valence-electron chi connectivity index (χ2n) is 3.02. The van der Waals surface area contributed by atoms with E-state index < -0.39 is 7.60 Å². The molecule has 1 aromatic rings. The molecule has 1 unspecified atom stereocenters. The van der Waals surface area contributed by atoms with Crippen molar-refractivity contribution in [2.45, 2.75) is 13.5 Å². The standard InChI is InChI=1S/C10H15O4P/c1-2-14-15(11,12)9-13-8-10-6-4-3-5-7-10/h3-7H,2,8-9H2,1H3,(H,11,12). The Morgan fingerprint density at radius 2 is 2.00 bits per heavy atom. The van der Waals surface area contributed by atoms with Crippen LogP contribution in [0.15, 0.2) is 30.3 Å². The minimum absolute atomic E-state index is 0.211. The van der Waals surface area contributed by atoms with Gasteiger partial charge in [-0.3, -0.25) is 4.57 Å². The van der Waals surface area contributed by atoms with Crippen LogP contribution in [0.25, 0.3) is 0 Å². The van der Waals surface area contributed by atoms with Crippen LogP contribution >= 0.6 is 7.60 Å². The minimum Gasteiger partial charge on any atom is -0.364 e. The largest absolute Gasteiger partial charge is 0.364 e. The van der Waals surface area contributed by atoms with E-state index in [-0.39, 0.29) is 13.0 Å². The van der Waals surface area contributed by atoms with Crippen LogP contribution in [0.5, 0.6) is 0 Å². The van der Waals surface area contributed by atoms with Crippen LogP contribution in [-0.2, 0) is 20.4 Å². The van der Waals surface area contributed by atoms with E-state index in [4.69, 9.17) is 4.74 Å². The van der Waals surface area contributed by atoms with E-state index in [1.54, 1.807) is 6.92 Å². The molecule has 0 amide bonds. The van der Waals surface area contributed by atoms with Crippen molar-refractivity contribution in [3.05, 3.63) is 35.9 Å². The van der Waals surface area contributed by atoms with Crippen LogP contribution in [0.2, 0.25) is 0 Å². The summed E-state index contributed by atoms with van der Waals surface area (Å²) in [5.41, 5.74) is 0.967. The van der Waals surface area contributed by atoms with Crippen LogP contribution in [0.4, 0.5) is 0 Å². The Bertz CT molecular complexity index is 325. The van der Waals surface area contributed by atoms with Crippen LogP contribution in [0.3, 0.4) is 0 Å². The first kappa shape index (κ1) is 12.4. The minimum atomic E-state index is -3.55. The lowest BCUT2D eigenvalue weighted by molar-refractivity contribution is 0.135. The van der Waals surface area contributed by atoms with Crippen molar-refractivity contribution in [1.29, 1.82) is 0 Å². The fourth-order valence-electron chi connectivity index (χ4n) is 1.09. The second-order valence-corrected chi connectivity index (χ2v) is 4.81. The molecular weight excluding hydrogens is 215 g/mol. The highest BCUT2D eigenvalue weighted by Crippen LogP contribution is 2.41. The lowest BCUT2D eigenvalue weighted by Gasteiger charge is -2.10. The van der Waals surface area contributed by atoms with Crippen molar-refractivity contribution in [3.63, 3.8) is 0 Å². The number of hydrogen-bond donors (Lipinski definition) is 1. The molecule has 0 bridgehead atoms. The van der Waals surface area contributed by atoms with Gasteiger partial charge in [0.2, 0.25) is 0 Å².